The molecule has 70 valence electrons. The number of hydrogen-bond acceptors (Lipinski definition) is 3. The predicted octanol–water partition coefficient (Wildman–Crippen LogP) is -6.07. The van der Waals surface area contributed by atoms with Crippen LogP contribution in [0, 0.1) is 0 Å². The second kappa shape index (κ2) is 7.09. The van der Waals surface area contributed by atoms with E-state index in [9.17, 15) is 10.0 Å². The van der Waals surface area contributed by atoms with Crippen LogP contribution in [0.15, 0.2) is 42.5 Å². The molecule has 2 aromatic carbocycles. The van der Waals surface area contributed by atoms with Crippen LogP contribution in [0.3, 0.4) is 0 Å². The Morgan fingerprint density at radius 3 is 2.19 bits per heavy atom. The second-order valence-electron chi connectivity index (χ2n) is 2.88. The van der Waals surface area contributed by atoms with E-state index < -0.39 is 7.32 Å². The predicted molar refractivity (Wildman–Crippen MR) is 50.3 cm³/mol. The standard InChI is InChI=1S/C10H7BO3.2Li/c12-11(13)14-10-7-3-5-8-4-1-2-6-9(8)10;;/h1-7H;;/q-2;2*+1. The quantitative estimate of drug-likeness (QED) is 0.453. The fourth-order valence-corrected chi connectivity index (χ4v) is 1.40. The Balaban J connectivity index is 0.00000112. The molecule has 0 heterocycles. The first kappa shape index (κ1) is 15.7. The van der Waals surface area contributed by atoms with E-state index in [4.69, 9.17) is 0 Å². The van der Waals surface area contributed by atoms with Gasteiger partial charge in [-0.15, -0.1) is 0 Å². The van der Waals surface area contributed by atoms with Crippen molar-refractivity contribution < 1.29 is 52.4 Å². The summed E-state index contributed by atoms with van der Waals surface area (Å²) >= 11 is 0. The van der Waals surface area contributed by atoms with Gasteiger partial charge in [0.15, 0.2) is 0 Å². The van der Waals surface area contributed by atoms with Crippen molar-refractivity contribution in [2.24, 2.45) is 0 Å². The van der Waals surface area contributed by atoms with Crippen LogP contribution >= 0.6 is 0 Å². The number of hydrogen-bond donors (Lipinski definition) is 0. The summed E-state index contributed by atoms with van der Waals surface area (Å²) in [5, 5.41) is 22.5. The van der Waals surface area contributed by atoms with E-state index in [0.29, 0.717) is 5.75 Å². The van der Waals surface area contributed by atoms with Gasteiger partial charge < -0.3 is 14.7 Å². The zero-order valence-electron chi connectivity index (χ0n) is 9.34. The molecule has 0 aliphatic carbocycles. The summed E-state index contributed by atoms with van der Waals surface area (Å²) < 4.78 is 4.62. The monoisotopic (exact) mass is 200 g/mol. The average molecular weight is 200 g/mol. The summed E-state index contributed by atoms with van der Waals surface area (Å²) in [5.74, 6) is 0.345. The second-order valence-corrected chi connectivity index (χ2v) is 2.88. The molecule has 2 aromatic rings. The molecule has 0 N–H and O–H groups in total. The molecule has 0 atom stereocenters. The maximum atomic E-state index is 10.4. The van der Waals surface area contributed by atoms with Crippen LogP contribution in [0.2, 0.25) is 0 Å². The third-order valence-electron chi connectivity index (χ3n) is 1.97. The van der Waals surface area contributed by atoms with Crippen molar-refractivity contribution in [1.82, 2.24) is 0 Å². The Morgan fingerprint density at radius 1 is 0.875 bits per heavy atom. The van der Waals surface area contributed by atoms with Gasteiger partial charge in [-0.2, -0.15) is 0 Å². The van der Waals surface area contributed by atoms with Gasteiger partial charge in [0.1, 0.15) is 13.1 Å². The molecule has 0 spiro atoms. The zero-order valence-corrected chi connectivity index (χ0v) is 9.34. The Morgan fingerprint density at radius 2 is 1.50 bits per heavy atom. The molecule has 0 aliphatic rings. The maximum absolute atomic E-state index is 10.4. The van der Waals surface area contributed by atoms with Crippen molar-refractivity contribution in [2.75, 3.05) is 0 Å². The van der Waals surface area contributed by atoms with E-state index in [-0.39, 0.29) is 37.7 Å². The minimum atomic E-state index is -2.28. The van der Waals surface area contributed by atoms with Gasteiger partial charge in [0, 0.05) is 5.39 Å². The van der Waals surface area contributed by atoms with E-state index in [1.54, 1.807) is 12.1 Å². The summed E-state index contributed by atoms with van der Waals surface area (Å²) in [6, 6.07) is 12.7. The van der Waals surface area contributed by atoms with Crippen molar-refractivity contribution in [3.05, 3.63) is 42.5 Å². The molecule has 0 aliphatic heterocycles. The molecule has 0 radical (unpaired) electrons. The largest absolute Gasteiger partial charge is 1.00 e. The topological polar surface area (TPSA) is 55.3 Å². The molecular weight excluding hydrogens is 193 g/mol. The van der Waals surface area contributed by atoms with Gasteiger partial charge in [0.25, 0.3) is 0 Å². The molecule has 0 aromatic heterocycles. The summed E-state index contributed by atoms with van der Waals surface area (Å²) in [7, 11) is -2.28. The molecular formula is C10H7BLi2O3. The maximum Gasteiger partial charge on any atom is 1.00 e. The Hall–Kier alpha value is -0.320. The van der Waals surface area contributed by atoms with Crippen LogP contribution in [0.1, 0.15) is 0 Å². The van der Waals surface area contributed by atoms with Gasteiger partial charge in [-0.1, -0.05) is 36.4 Å². The third-order valence-corrected chi connectivity index (χ3v) is 1.97. The zero-order chi connectivity index (χ0) is 9.97. The fraction of sp³-hybridized carbons (Fsp3) is 0. The van der Waals surface area contributed by atoms with Crippen molar-refractivity contribution in [2.45, 2.75) is 0 Å². The molecule has 0 fully saturated rings. The molecule has 3 nitrogen and oxygen atoms in total. The molecule has 2 rings (SSSR count). The Kier molecular flexibility index (Phi) is 6.95. The van der Waals surface area contributed by atoms with E-state index in [2.05, 4.69) is 4.65 Å². The number of benzene rings is 2. The molecule has 0 unspecified atom stereocenters. The van der Waals surface area contributed by atoms with Crippen LogP contribution < -0.4 is 52.4 Å². The van der Waals surface area contributed by atoms with Crippen LogP contribution in [0.4, 0.5) is 0 Å². The SMILES string of the molecule is [Li+].[Li+].[O-]B([O-])Oc1cccc2ccccc12. The van der Waals surface area contributed by atoms with Crippen molar-refractivity contribution in [3.8, 4) is 5.75 Å². The Bertz CT molecular complexity index is 446. The molecule has 0 saturated carbocycles. The van der Waals surface area contributed by atoms with Crippen molar-refractivity contribution in [1.29, 1.82) is 0 Å². The first-order chi connectivity index (χ1) is 6.77. The minimum absolute atomic E-state index is 0. The molecule has 0 amide bonds. The van der Waals surface area contributed by atoms with Crippen LogP contribution in [-0.2, 0) is 0 Å². The summed E-state index contributed by atoms with van der Waals surface area (Å²) in [4.78, 5) is 0. The normalized spacial score (nSPS) is 8.88. The number of fused-ring (bicyclic) bond motifs is 1. The first-order valence-electron chi connectivity index (χ1n) is 4.23. The van der Waals surface area contributed by atoms with Gasteiger partial charge in [-0.25, -0.2) is 0 Å². The van der Waals surface area contributed by atoms with E-state index in [0.717, 1.165) is 10.8 Å². The van der Waals surface area contributed by atoms with E-state index in [1.807, 2.05) is 30.3 Å². The molecule has 6 heteroatoms. The third kappa shape index (κ3) is 3.61. The molecule has 0 saturated heterocycles. The van der Waals surface area contributed by atoms with E-state index >= 15 is 0 Å². The van der Waals surface area contributed by atoms with Gasteiger partial charge in [-0.3, -0.25) is 0 Å². The molecule has 0 bridgehead atoms. The summed E-state index contributed by atoms with van der Waals surface area (Å²) in [6.45, 7) is 0. The van der Waals surface area contributed by atoms with Gasteiger partial charge >= 0.3 is 37.7 Å². The van der Waals surface area contributed by atoms with Crippen LogP contribution in [-0.4, -0.2) is 7.32 Å². The average Bonchev–Trinajstić information content (AvgIpc) is 2.18. The first-order valence-corrected chi connectivity index (χ1v) is 4.23. The summed E-state index contributed by atoms with van der Waals surface area (Å²) in [6.07, 6.45) is 0. The minimum Gasteiger partial charge on any atom is -0.860 e. The van der Waals surface area contributed by atoms with Gasteiger partial charge in [-0.05, 0) is 11.5 Å². The van der Waals surface area contributed by atoms with Gasteiger partial charge in [0.2, 0.25) is 0 Å². The van der Waals surface area contributed by atoms with Crippen molar-refractivity contribution >= 4 is 18.1 Å². The smallest absolute Gasteiger partial charge is 0.860 e. The Labute approximate surface area is 118 Å². The van der Waals surface area contributed by atoms with Crippen LogP contribution in [0.25, 0.3) is 10.8 Å². The fourth-order valence-electron chi connectivity index (χ4n) is 1.40. The van der Waals surface area contributed by atoms with E-state index in [1.165, 1.54) is 0 Å². The van der Waals surface area contributed by atoms with Gasteiger partial charge in [0.05, 0.1) is 0 Å². The van der Waals surface area contributed by atoms with Crippen LogP contribution in [0.5, 0.6) is 5.75 Å². The summed E-state index contributed by atoms with van der Waals surface area (Å²) in [5.41, 5.74) is 0. The van der Waals surface area contributed by atoms with Crippen molar-refractivity contribution in [3.63, 3.8) is 0 Å². The molecule has 16 heavy (non-hydrogen) atoms. The number of rotatable bonds is 2.